The minimum absolute atomic E-state index is 0.202. The summed E-state index contributed by atoms with van der Waals surface area (Å²) in [4.78, 5) is 11.3. The highest BCUT2D eigenvalue weighted by molar-refractivity contribution is 5.66. The molecule has 0 N–H and O–H groups in total. The molecule has 0 aliphatic carbocycles. The van der Waals surface area contributed by atoms with E-state index in [1.807, 2.05) is 13.8 Å². The summed E-state index contributed by atoms with van der Waals surface area (Å²) in [5, 5.41) is 8.08. The summed E-state index contributed by atoms with van der Waals surface area (Å²) in [6.07, 6.45) is 0.720. The standard InChI is InChI=1S/C13H17N3O5/c1-6(17)18-8-4-7-5-14-15-16(7)9-10(8)19-12-11(9)20-13(2,3)21-12/h5,8-12H,4H2,1-3H3/t8-,9+,10-,11-,12-/m1/s1. The SMILES string of the molecule is CC(=O)O[C@@H]1Cc2cnnn2[C@@H]2[C@H]3OC(C)(C)O[C@H]3O[C@@H]21. The van der Waals surface area contributed by atoms with Crippen LogP contribution in [0.3, 0.4) is 0 Å². The Morgan fingerprint density at radius 2 is 2.24 bits per heavy atom. The third-order valence-electron chi connectivity index (χ3n) is 4.08. The second-order valence-electron chi connectivity index (χ2n) is 6.08. The van der Waals surface area contributed by atoms with Crippen LogP contribution in [0.1, 0.15) is 32.5 Å². The molecule has 114 valence electrons. The van der Waals surface area contributed by atoms with Crippen molar-refractivity contribution in [3.8, 4) is 0 Å². The van der Waals surface area contributed by atoms with Gasteiger partial charge in [0.2, 0.25) is 0 Å². The first-order valence-electron chi connectivity index (χ1n) is 7.02. The molecule has 3 aliphatic rings. The molecule has 0 aromatic carbocycles. The molecule has 21 heavy (non-hydrogen) atoms. The van der Waals surface area contributed by atoms with Gasteiger partial charge in [-0.05, 0) is 13.8 Å². The number of hydrogen-bond acceptors (Lipinski definition) is 7. The third kappa shape index (κ3) is 1.97. The van der Waals surface area contributed by atoms with Crippen LogP contribution in [0.25, 0.3) is 0 Å². The van der Waals surface area contributed by atoms with E-state index in [2.05, 4.69) is 10.3 Å². The molecule has 4 heterocycles. The predicted molar refractivity (Wildman–Crippen MR) is 67.0 cm³/mol. The van der Waals surface area contributed by atoms with Crippen molar-refractivity contribution in [3.63, 3.8) is 0 Å². The smallest absolute Gasteiger partial charge is 0.303 e. The van der Waals surface area contributed by atoms with Crippen molar-refractivity contribution in [3.05, 3.63) is 11.9 Å². The lowest BCUT2D eigenvalue weighted by molar-refractivity contribution is -0.224. The Kier molecular flexibility index (Phi) is 2.66. The number of hydrogen-bond donors (Lipinski definition) is 0. The van der Waals surface area contributed by atoms with Crippen molar-refractivity contribution in [1.82, 2.24) is 15.0 Å². The van der Waals surface area contributed by atoms with Crippen molar-refractivity contribution in [1.29, 1.82) is 0 Å². The van der Waals surface area contributed by atoms with Crippen LogP contribution in [0.4, 0.5) is 0 Å². The fourth-order valence-corrected chi connectivity index (χ4v) is 3.41. The van der Waals surface area contributed by atoms with Gasteiger partial charge in [-0.25, -0.2) is 4.68 Å². The highest BCUT2D eigenvalue weighted by Crippen LogP contribution is 2.46. The van der Waals surface area contributed by atoms with Gasteiger partial charge in [0.05, 0.1) is 11.9 Å². The Morgan fingerprint density at radius 1 is 1.43 bits per heavy atom. The van der Waals surface area contributed by atoms with E-state index >= 15 is 0 Å². The van der Waals surface area contributed by atoms with Gasteiger partial charge in [0.25, 0.3) is 0 Å². The van der Waals surface area contributed by atoms with Gasteiger partial charge in [0.15, 0.2) is 12.1 Å². The molecule has 5 atom stereocenters. The first kappa shape index (κ1) is 13.2. The Bertz CT molecular complexity index is 586. The number of carbonyl (C=O) groups is 1. The highest BCUT2D eigenvalue weighted by atomic mass is 16.8. The maximum absolute atomic E-state index is 11.3. The minimum atomic E-state index is -0.699. The summed E-state index contributed by atoms with van der Waals surface area (Å²) in [7, 11) is 0. The zero-order valence-electron chi connectivity index (χ0n) is 12.1. The second kappa shape index (κ2) is 4.25. The number of aromatic nitrogens is 3. The molecule has 1 aromatic rings. The van der Waals surface area contributed by atoms with E-state index in [1.165, 1.54) is 6.92 Å². The molecule has 0 amide bonds. The largest absolute Gasteiger partial charge is 0.459 e. The topological polar surface area (TPSA) is 84.7 Å². The van der Waals surface area contributed by atoms with Gasteiger partial charge in [-0.2, -0.15) is 0 Å². The molecule has 0 saturated carbocycles. The van der Waals surface area contributed by atoms with Crippen molar-refractivity contribution in [2.24, 2.45) is 0 Å². The molecular weight excluding hydrogens is 278 g/mol. The molecule has 2 saturated heterocycles. The van der Waals surface area contributed by atoms with Crippen molar-refractivity contribution < 1.29 is 23.7 Å². The molecular formula is C13H17N3O5. The summed E-state index contributed by atoms with van der Waals surface area (Å²) >= 11 is 0. The molecule has 4 rings (SSSR count). The second-order valence-corrected chi connectivity index (χ2v) is 6.08. The van der Waals surface area contributed by atoms with Crippen LogP contribution in [0.5, 0.6) is 0 Å². The van der Waals surface area contributed by atoms with Gasteiger partial charge in [0, 0.05) is 13.3 Å². The van der Waals surface area contributed by atoms with Crippen molar-refractivity contribution in [2.75, 3.05) is 0 Å². The van der Waals surface area contributed by atoms with E-state index in [4.69, 9.17) is 18.9 Å². The molecule has 3 aliphatic heterocycles. The monoisotopic (exact) mass is 295 g/mol. The van der Waals surface area contributed by atoms with E-state index in [0.29, 0.717) is 6.42 Å². The minimum Gasteiger partial charge on any atom is -0.459 e. The molecule has 0 spiro atoms. The third-order valence-corrected chi connectivity index (χ3v) is 4.08. The molecule has 8 heteroatoms. The van der Waals surface area contributed by atoms with Gasteiger partial charge in [0.1, 0.15) is 24.4 Å². The van der Waals surface area contributed by atoms with Crippen LogP contribution in [0, 0.1) is 0 Å². The van der Waals surface area contributed by atoms with E-state index in [1.54, 1.807) is 10.9 Å². The number of nitrogens with zero attached hydrogens (tertiary/aromatic N) is 3. The Hall–Kier alpha value is -1.51. The molecule has 1 aromatic heterocycles. The van der Waals surface area contributed by atoms with Gasteiger partial charge in [-0.3, -0.25) is 4.79 Å². The quantitative estimate of drug-likeness (QED) is 0.683. The highest BCUT2D eigenvalue weighted by Gasteiger charge is 2.60. The summed E-state index contributed by atoms with van der Waals surface area (Å²) in [5.41, 5.74) is 0.903. The maximum atomic E-state index is 11.3. The fourth-order valence-electron chi connectivity index (χ4n) is 3.41. The lowest BCUT2D eigenvalue weighted by Gasteiger charge is -2.34. The predicted octanol–water partition coefficient (Wildman–Crippen LogP) is 0.183. The van der Waals surface area contributed by atoms with E-state index in [-0.39, 0.29) is 30.3 Å². The molecule has 0 bridgehead atoms. The Labute approximate surface area is 121 Å². The van der Waals surface area contributed by atoms with Crippen LogP contribution < -0.4 is 0 Å². The number of ether oxygens (including phenoxy) is 4. The van der Waals surface area contributed by atoms with Crippen LogP contribution in [-0.2, 0) is 30.2 Å². The van der Waals surface area contributed by atoms with Gasteiger partial charge >= 0.3 is 5.97 Å². The van der Waals surface area contributed by atoms with E-state index < -0.39 is 12.1 Å². The van der Waals surface area contributed by atoms with E-state index in [0.717, 1.165) is 5.69 Å². The average Bonchev–Trinajstić information content (AvgIpc) is 2.99. The fraction of sp³-hybridized carbons (Fsp3) is 0.769. The summed E-state index contributed by atoms with van der Waals surface area (Å²) < 4.78 is 24.9. The summed E-state index contributed by atoms with van der Waals surface area (Å²) in [5.74, 6) is -1.03. The van der Waals surface area contributed by atoms with Gasteiger partial charge < -0.3 is 18.9 Å². The normalized spacial score (nSPS) is 39.5. The Morgan fingerprint density at radius 3 is 3.00 bits per heavy atom. The zero-order valence-corrected chi connectivity index (χ0v) is 12.1. The summed E-state index contributed by atoms with van der Waals surface area (Å²) in [6, 6.07) is -0.202. The van der Waals surface area contributed by atoms with Crippen molar-refractivity contribution >= 4 is 5.97 Å². The molecule has 8 nitrogen and oxygen atoms in total. The van der Waals surface area contributed by atoms with Crippen LogP contribution in [0.2, 0.25) is 0 Å². The number of esters is 1. The molecule has 0 unspecified atom stereocenters. The van der Waals surface area contributed by atoms with Crippen molar-refractivity contribution in [2.45, 2.75) is 63.6 Å². The molecule has 2 fully saturated rings. The number of fused-ring (bicyclic) bond motifs is 5. The van der Waals surface area contributed by atoms with Crippen LogP contribution in [-0.4, -0.2) is 51.4 Å². The lowest BCUT2D eigenvalue weighted by atomic mass is 9.95. The first-order valence-corrected chi connectivity index (χ1v) is 7.02. The number of rotatable bonds is 1. The van der Waals surface area contributed by atoms with E-state index in [9.17, 15) is 4.79 Å². The van der Waals surface area contributed by atoms with Crippen LogP contribution >= 0.6 is 0 Å². The number of carbonyl (C=O) groups excluding carboxylic acids is 1. The van der Waals surface area contributed by atoms with Gasteiger partial charge in [-0.15, -0.1) is 5.10 Å². The zero-order chi connectivity index (χ0) is 14.8. The first-order chi connectivity index (χ1) is 9.94. The lowest BCUT2D eigenvalue weighted by Crippen LogP contribution is -2.46. The maximum Gasteiger partial charge on any atom is 0.303 e. The van der Waals surface area contributed by atoms with Gasteiger partial charge in [-0.1, -0.05) is 5.21 Å². The Balaban J connectivity index is 1.70. The average molecular weight is 295 g/mol. The molecule has 0 radical (unpaired) electrons. The summed E-state index contributed by atoms with van der Waals surface area (Å²) in [6.45, 7) is 5.09. The van der Waals surface area contributed by atoms with Crippen LogP contribution in [0.15, 0.2) is 6.20 Å².